The van der Waals surface area contributed by atoms with Crippen LogP contribution in [0, 0.1) is 5.82 Å². The third-order valence-corrected chi connectivity index (χ3v) is 5.03. The number of halogens is 4. The van der Waals surface area contributed by atoms with Gasteiger partial charge in [-0.05, 0) is 30.7 Å². The van der Waals surface area contributed by atoms with E-state index in [2.05, 4.69) is 10.4 Å². The number of nitrogens with zero attached hydrogens (tertiary/aromatic N) is 2. The fourth-order valence-electron chi connectivity index (χ4n) is 3.14. The van der Waals surface area contributed by atoms with E-state index in [0.29, 0.717) is 22.1 Å². The lowest BCUT2D eigenvalue weighted by Gasteiger charge is -2.17. The molecule has 1 heterocycles. The molecule has 0 radical (unpaired) electrons. The Labute approximate surface area is 186 Å². The van der Waals surface area contributed by atoms with E-state index in [1.165, 1.54) is 19.2 Å². The monoisotopic (exact) mass is 464 g/mol. The lowest BCUT2D eigenvalue weighted by molar-refractivity contribution is -0.164. The summed E-state index contributed by atoms with van der Waals surface area (Å²) < 4.78 is 58.4. The second-order valence-corrected chi connectivity index (χ2v) is 7.15. The van der Waals surface area contributed by atoms with Gasteiger partial charge in [0.1, 0.15) is 29.1 Å². The highest BCUT2D eigenvalue weighted by molar-refractivity contribution is 5.97. The number of anilines is 1. The molecule has 0 saturated heterocycles. The van der Waals surface area contributed by atoms with Crippen LogP contribution in [0.25, 0.3) is 11.3 Å². The first-order chi connectivity index (χ1) is 15.6. The molecule has 3 aromatic rings. The number of hydrogen-bond acceptors (Lipinski definition) is 5. The number of alkyl halides is 3. The SMILES string of the molecule is COc1ccc(F)cc1C(=O)NCc1ccc(-c2nn(C(C)C(F)(F)F)c(N)c2C=O)cc1. The Hall–Kier alpha value is -3.89. The van der Waals surface area contributed by atoms with Gasteiger partial charge < -0.3 is 15.8 Å². The van der Waals surface area contributed by atoms with Gasteiger partial charge >= 0.3 is 6.18 Å². The number of methoxy groups -OCH3 is 1. The summed E-state index contributed by atoms with van der Waals surface area (Å²) in [6.07, 6.45) is -4.23. The van der Waals surface area contributed by atoms with E-state index >= 15 is 0 Å². The Morgan fingerprint density at radius 3 is 2.48 bits per heavy atom. The summed E-state index contributed by atoms with van der Waals surface area (Å²) in [6, 6.07) is 7.85. The molecule has 33 heavy (non-hydrogen) atoms. The molecule has 3 rings (SSSR count). The molecule has 0 aliphatic rings. The van der Waals surface area contributed by atoms with Crippen LogP contribution in [-0.2, 0) is 6.54 Å². The predicted octanol–water partition coefficient (Wildman–Crippen LogP) is 4.15. The van der Waals surface area contributed by atoms with Gasteiger partial charge in [-0.3, -0.25) is 9.59 Å². The first kappa shape index (κ1) is 23.8. The van der Waals surface area contributed by atoms with Crippen molar-refractivity contribution < 1.29 is 31.9 Å². The molecule has 1 unspecified atom stereocenters. The van der Waals surface area contributed by atoms with Crippen LogP contribution in [0.3, 0.4) is 0 Å². The summed E-state index contributed by atoms with van der Waals surface area (Å²) in [5.74, 6) is -1.31. The first-order valence-electron chi connectivity index (χ1n) is 9.67. The summed E-state index contributed by atoms with van der Waals surface area (Å²) in [5, 5.41) is 6.55. The van der Waals surface area contributed by atoms with Crippen molar-refractivity contribution in [3.05, 3.63) is 65.0 Å². The molecule has 1 amide bonds. The number of nitrogen functional groups attached to an aromatic ring is 1. The van der Waals surface area contributed by atoms with Gasteiger partial charge in [-0.25, -0.2) is 9.07 Å². The smallest absolute Gasteiger partial charge is 0.410 e. The summed E-state index contributed by atoms with van der Waals surface area (Å²) in [5.41, 5.74) is 6.65. The van der Waals surface area contributed by atoms with Crippen LogP contribution >= 0.6 is 0 Å². The molecule has 0 bridgehead atoms. The van der Waals surface area contributed by atoms with Crippen molar-refractivity contribution in [2.45, 2.75) is 25.7 Å². The maximum atomic E-state index is 13.5. The van der Waals surface area contributed by atoms with Gasteiger partial charge in [0, 0.05) is 12.1 Å². The van der Waals surface area contributed by atoms with Crippen LogP contribution in [-0.4, -0.2) is 35.3 Å². The van der Waals surface area contributed by atoms with E-state index in [9.17, 15) is 27.2 Å². The molecule has 7 nitrogen and oxygen atoms in total. The molecule has 0 fully saturated rings. The largest absolute Gasteiger partial charge is 0.496 e. The number of nitrogens with one attached hydrogen (secondary N) is 1. The number of benzene rings is 2. The van der Waals surface area contributed by atoms with Gasteiger partial charge in [-0.15, -0.1) is 0 Å². The average Bonchev–Trinajstić information content (AvgIpc) is 3.12. The highest BCUT2D eigenvalue weighted by atomic mass is 19.4. The maximum absolute atomic E-state index is 13.5. The number of ether oxygens (including phenoxy) is 1. The Bertz CT molecular complexity index is 1170. The van der Waals surface area contributed by atoms with E-state index in [4.69, 9.17) is 10.5 Å². The van der Waals surface area contributed by atoms with Crippen LogP contribution < -0.4 is 15.8 Å². The minimum atomic E-state index is -4.59. The third-order valence-electron chi connectivity index (χ3n) is 5.03. The molecule has 1 aromatic heterocycles. The summed E-state index contributed by atoms with van der Waals surface area (Å²) in [4.78, 5) is 23.9. The molecule has 1 atom stereocenters. The zero-order chi connectivity index (χ0) is 24.3. The minimum absolute atomic E-state index is 0.0127. The third kappa shape index (κ3) is 4.97. The molecule has 174 valence electrons. The highest BCUT2D eigenvalue weighted by Gasteiger charge is 2.40. The van der Waals surface area contributed by atoms with Crippen molar-refractivity contribution in [2.24, 2.45) is 0 Å². The van der Waals surface area contributed by atoms with Gasteiger partial charge in [0.2, 0.25) is 0 Å². The fourth-order valence-corrected chi connectivity index (χ4v) is 3.14. The molecule has 3 N–H and O–H groups in total. The lowest BCUT2D eigenvalue weighted by atomic mass is 10.1. The number of amides is 1. The van der Waals surface area contributed by atoms with E-state index in [1.807, 2.05) is 0 Å². The van der Waals surface area contributed by atoms with Gasteiger partial charge in [0.25, 0.3) is 5.91 Å². The second-order valence-electron chi connectivity index (χ2n) is 7.15. The first-order valence-corrected chi connectivity index (χ1v) is 9.67. The fraction of sp³-hybridized carbons (Fsp3) is 0.227. The number of hydrogen-bond donors (Lipinski definition) is 2. The van der Waals surface area contributed by atoms with Gasteiger partial charge in [-0.2, -0.15) is 18.3 Å². The van der Waals surface area contributed by atoms with Gasteiger partial charge in [0.05, 0.1) is 18.2 Å². The Morgan fingerprint density at radius 1 is 1.24 bits per heavy atom. The van der Waals surface area contributed by atoms with Gasteiger partial charge in [-0.1, -0.05) is 24.3 Å². The van der Waals surface area contributed by atoms with E-state index < -0.39 is 23.9 Å². The standard InChI is InChI=1S/C22H20F4N4O3/c1-12(22(24,25)26)30-20(27)17(11-31)19(29-30)14-5-3-13(4-6-14)10-28-21(32)16-9-15(23)7-8-18(16)33-2/h3-9,11-12H,10,27H2,1-2H3,(H,28,32). The lowest BCUT2D eigenvalue weighted by Crippen LogP contribution is -2.25. The number of aromatic nitrogens is 2. The molecule has 0 spiro atoms. The second kappa shape index (κ2) is 9.31. The summed E-state index contributed by atoms with van der Waals surface area (Å²) >= 11 is 0. The number of carbonyl (C=O) groups excluding carboxylic acids is 2. The van der Waals surface area contributed by atoms with Crippen molar-refractivity contribution in [1.82, 2.24) is 15.1 Å². The van der Waals surface area contributed by atoms with Crippen molar-refractivity contribution in [3.63, 3.8) is 0 Å². The van der Waals surface area contributed by atoms with Crippen LogP contribution in [0.15, 0.2) is 42.5 Å². The average molecular weight is 464 g/mol. The number of carbonyl (C=O) groups is 2. The highest BCUT2D eigenvalue weighted by Crippen LogP contribution is 2.35. The molecule has 11 heteroatoms. The van der Waals surface area contributed by atoms with Crippen molar-refractivity contribution in [3.8, 4) is 17.0 Å². The van der Waals surface area contributed by atoms with E-state index in [0.717, 1.165) is 13.0 Å². The van der Waals surface area contributed by atoms with Crippen LogP contribution in [0.2, 0.25) is 0 Å². The van der Waals surface area contributed by atoms with Gasteiger partial charge in [0.15, 0.2) is 6.29 Å². The van der Waals surface area contributed by atoms with Crippen molar-refractivity contribution >= 4 is 18.0 Å². The van der Waals surface area contributed by atoms with Crippen LogP contribution in [0.4, 0.5) is 23.4 Å². The molecule has 2 aromatic carbocycles. The summed E-state index contributed by atoms with van der Waals surface area (Å²) in [7, 11) is 1.36. The Kier molecular flexibility index (Phi) is 6.70. The predicted molar refractivity (Wildman–Crippen MR) is 112 cm³/mol. The molecule has 0 saturated carbocycles. The molecule has 0 aliphatic carbocycles. The quantitative estimate of drug-likeness (QED) is 0.404. The van der Waals surface area contributed by atoms with E-state index in [-0.39, 0.29) is 34.9 Å². The molecule has 0 aliphatic heterocycles. The van der Waals surface area contributed by atoms with Crippen LogP contribution in [0.5, 0.6) is 5.75 Å². The Balaban J connectivity index is 1.79. The Morgan fingerprint density at radius 2 is 1.91 bits per heavy atom. The number of rotatable bonds is 7. The van der Waals surface area contributed by atoms with Crippen molar-refractivity contribution in [1.29, 1.82) is 0 Å². The normalized spacial score (nSPS) is 12.3. The zero-order valence-corrected chi connectivity index (χ0v) is 17.6. The number of aldehydes is 1. The topological polar surface area (TPSA) is 99.2 Å². The minimum Gasteiger partial charge on any atom is -0.496 e. The number of nitrogens with two attached hydrogens (primary N) is 1. The molecular weight excluding hydrogens is 444 g/mol. The van der Waals surface area contributed by atoms with E-state index in [1.54, 1.807) is 24.3 Å². The van der Waals surface area contributed by atoms with Crippen LogP contribution in [0.1, 0.15) is 39.2 Å². The summed E-state index contributed by atoms with van der Waals surface area (Å²) in [6.45, 7) is 0.974. The van der Waals surface area contributed by atoms with Crippen molar-refractivity contribution in [2.75, 3.05) is 12.8 Å². The maximum Gasteiger partial charge on any atom is 0.410 e. The zero-order valence-electron chi connectivity index (χ0n) is 17.6. The molecular formula is C22H20F4N4O3.